The molecule has 2 heterocycles. The number of hydrogen-bond acceptors (Lipinski definition) is 4. The van der Waals surface area contributed by atoms with Crippen molar-refractivity contribution in [1.29, 1.82) is 0 Å². The molecule has 1 aromatic heterocycles. The molecule has 6 heteroatoms. The van der Waals surface area contributed by atoms with E-state index >= 15 is 0 Å². The highest BCUT2D eigenvalue weighted by atomic mass is 127. The van der Waals surface area contributed by atoms with Gasteiger partial charge in [0.05, 0.1) is 12.2 Å². The second-order valence-corrected chi connectivity index (χ2v) is 6.55. The minimum Gasteiger partial charge on any atom is -0.471 e. The molecule has 1 atom stereocenters. The summed E-state index contributed by atoms with van der Waals surface area (Å²) in [6.45, 7) is 3.17. The summed E-state index contributed by atoms with van der Waals surface area (Å²) in [6, 6.07) is 11.3. The minimum absolute atomic E-state index is 0.0243. The molecule has 1 aliphatic heterocycles. The third-order valence-electron chi connectivity index (χ3n) is 3.56. The first-order chi connectivity index (χ1) is 10.6. The zero-order valence-corrected chi connectivity index (χ0v) is 14.4. The van der Waals surface area contributed by atoms with Crippen LogP contribution in [0.5, 0.6) is 5.88 Å². The highest BCUT2D eigenvalue weighted by Gasteiger charge is 2.28. The highest BCUT2D eigenvalue weighted by molar-refractivity contribution is 14.1. The third kappa shape index (κ3) is 3.55. The summed E-state index contributed by atoms with van der Waals surface area (Å²) in [5, 5.41) is 7.98. The first-order valence-electron chi connectivity index (χ1n) is 7.13. The average molecular weight is 409 g/mol. The smallest absolute Gasteiger partial charge is 0.254 e. The van der Waals surface area contributed by atoms with Gasteiger partial charge < -0.3 is 9.64 Å². The van der Waals surface area contributed by atoms with E-state index in [1.807, 2.05) is 48.2 Å². The molecule has 5 nitrogen and oxygen atoms in total. The maximum absolute atomic E-state index is 12.5. The monoisotopic (exact) mass is 409 g/mol. The fourth-order valence-corrected chi connectivity index (χ4v) is 2.98. The Kier molecular flexibility index (Phi) is 4.56. The van der Waals surface area contributed by atoms with Gasteiger partial charge in [0.2, 0.25) is 5.88 Å². The molecular formula is C16H16IN3O2. The van der Waals surface area contributed by atoms with Crippen LogP contribution in [0.25, 0.3) is 0 Å². The molecule has 1 aliphatic rings. The summed E-state index contributed by atoms with van der Waals surface area (Å²) in [6.07, 6.45) is 0.786. The fraction of sp³-hybridized carbons (Fsp3) is 0.312. The van der Waals surface area contributed by atoms with Gasteiger partial charge in [0, 0.05) is 28.2 Å². The molecule has 1 fully saturated rings. The second-order valence-electron chi connectivity index (χ2n) is 5.30. The van der Waals surface area contributed by atoms with Gasteiger partial charge >= 0.3 is 0 Å². The van der Waals surface area contributed by atoms with Crippen molar-refractivity contribution in [2.24, 2.45) is 0 Å². The predicted octanol–water partition coefficient (Wildman–Crippen LogP) is 2.68. The molecule has 1 amide bonds. The lowest BCUT2D eigenvalue weighted by Gasteiger charge is -2.17. The number of halogens is 1. The van der Waals surface area contributed by atoms with E-state index in [1.165, 1.54) is 0 Å². The molecule has 0 radical (unpaired) electrons. The van der Waals surface area contributed by atoms with Crippen molar-refractivity contribution in [2.45, 2.75) is 19.4 Å². The van der Waals surface area contributed by atoms with E-state index in [1.54, 1.807) is 0 Å². The molecule has 2 aromatic rings. The Morgan fingerprint density at radius 2 is 2.18 bits per heavy atom. The quantitative estimate of drug-likeness (QED) is 0.732. The van der Waals surface area contributed by atoms with Crippen LogP contribution in [0.3, 0.4) is 0 Å². The number of nitrogens with zero attached hydrogens (tertiary/aromatic N) is 3. The molecule has 114 valence electrons. The number of hydrogen-bond donors (Lipinski definition) is 0. The van der Waals surface area contributed by atoms with Crippen molar-refractivity contribution >= 4 is 28.5 Å². The van der Waals surface area contributed by atoms with E-state index in [4.69, 9.17) is 4.74 Å². The fourth-order valence-electron chi connectivity index (χ4n) is 2.43. The van der Waals surface area contributed by atoms with Crippen LogP contribution < -0.4 is 4.74 Å². The minimum atomic E-state index is -0.0243. The van der Waals surface area contributed by atoms with E-state index in [9.17, 15) is 4.79 Å². The largest absolute Gasteiger partial charge is 0.471 e. The van der Waals surface area contributed by atoms with Gasteiger partial charge in [0.15, 0.2) is 0 Å². The van der Waals surface area contributed by atoms with Gasteiger partial charge in [-0.3, -0.25) is 4.79 Å². The van der Waals surface area contributed by atoms with Crippen molar-refractivity contribution < 1.29 is 9.53 Å². The zero-order chi connectivity index (χ0) is 15.5. The van der Waals surface area contributed by atoms with Crippen LogP contribution >= 0.6 is 22.6 Å². The molecule has 1 unspecified atom stereocenters. The van der Waals surface area contributed by atoms with Gasteiger partial charge in [0.25, 0.3) is 5.91 Å². The zero-order valence-electron chi connectivity index (χ0n) is 12.2. The number of aryl methyl sites for hydroxylation is 1. The lowest BCUT2D eigenvalue weighted by atomic mass is 10.2. The molecule has 0 bridgehead atoms. The first-order valence-corrected chi connectivity index (χ1v) is 8.21. The molecular weight excluding hydrogens is 393 g/mol. The SMILES string of the molecule is Cc1ccc(OC2CCN(C(=O)c3cccc(I)c3)C2)nn1. The number of rotatable bonds is 3. The summed E-state index contributed by atoms with van der Waals surface area (Å²) in [4.78, 5) is 14.3. The van der Waals surface area contributed by atoms with Crippen LogP contribution in [0.1, 0.15) is 22.5 Å². The maximum atomic E-state index is 12.5. The van der Waals surface area contributed by atoms with Crippen molar-refractivity contribution in [3.63, 3.8) is 0 Å². The van der Waals surface area contributed by atoms with Gasteiger partial charge in [-0.15, -0.1) is 5.10 Å². The van der Waals surface area contributed by atoms with E-state index in [0.29, 0.717) is 19.0 Å². The van der Waals surface area contributed by atoms with Crippen LogP contribution in [0.15, 0.2) is 36.4 Å². The van der Waals surface area contributed by atoms with Crippen molar-refractivity contribution in [3.05, 3.63) is 51.2 Å². The molecule has 1 aromatic carbocycles. The lowest BCUT2D eigenvalue weighted by molar-refractivity contribution is 0.0771. The van der Waals surface area contributed by atoms with Crippen LogP contribution in [0.4, 0.5) is 0 Å². The number of aromatic nitrogens is 2. The van der Waals surface area contributed by atoms with Gasteiger partial charge in [-0.2, -0.15) is 5.10 Å². The normalized spacial score (nSPS) is 17.5. The standard InChI is InChI=1S/C16H16IN3O2/c1-11-5-6-15(19-18-11)22-14-7-8-20(10-14)16(21)12-3-2-4-13(17)9-12/h2-6,9,14H,7-8,10H2,1H3. The van der Waals surface area contributed by atoms with E-state index in [0.717, 1.165) is 21.2 Å². The van der Waals surface area contributed by atoms with Gasteiger partial charge in [-0.05, 0) is 53.8 Å². The molecule has 0 N–H and O–H groups in total. The Morgan fingerprint density at radius 1 is 1.32 bits per heavy atom. The second kappa shape index (κ2) is 6.60. The summed E-state index contributed by atoms with van der Waals surface area (Å²) >= 11 is 2.21. The molecule has 3 rings (SSSR count). The van der Waals surface area contributed by atoms with Crippen LogP contribution in [-0.4, -0.2) is 40.2 Å². The van der Waals surface area contributed by atoms with E-state index in [2.05, 4.69) is 32.8 Å². The topological polar surface area (TPSA) is 55.3 Å². The Balaban J connectivity index is 1.62. The van der Waals surface area contributed by atoms with Crippen LogP contribution in [0, 0.1) is 10.5 Å². The molecule has 22 heavy (non-hydrogen) atoms. The van der Waals surface area contributed by atoms with Crippen molar-refractivity contribution in [1.82, 2.24) is 15.1 Å². The Morgan fingerprint density at radius 3 is 2.91 bits per heavy atom. The lowest BCUT2D eigenvalue weighted by Crippen LogP contribution is -2.31. The third-order valence-corrected chi connectivity index (χ3v) is 4.24. The van der Waals surface area contributed by atoms with Gasteiger partial charge in [-0.1, -0.05) is 6.07 Å². The number of ether oxygens (including phenoxy) is 1. The predicted molar refractivity (Wildman–Crippen MR) is 90.9 cm³/mol. The Hall–Kier alpha value is -1.70. The number of amides is 1. The van der Waals surface area contributed by atoms with E-state index < -0.39 is 0 Å². The number of likely N-dealkylation sites (tertiary alicyclic amines) is 1. The summed E-state index contributed by atoms with van der Waals surface area (Å²) in [5.74, 6) is 0.568. The highest BCUT2D eigenvalue weighted by Crippen LogP contribution is 2.19. The first kappa shape index (κ1) is 15.2. The van der Waals surface area contributed by atoms with Crippen LogP contribution in [0.2, 0.25) is 0 Å². The summed E-state index contributed by atoms with van der Waals surface area (Å²) in [5.41, 5.74) is 1.58. The molecule has 1 saturated heterocycles. The molecule has 0 spiro atoms. The average Bonchev–Trinajstić information content (AvgIpc) is 2.97. The molecule has 0 aliphatic carbocycles. The molecule has 0 saturated carbocycles. The van der Waals surface area contributed by atoms with Gasteiger partial charge in [0.1, 0.15) is 6.10 Å². The number of benzene rings is 1. The number of carbonyl (C=O) groups excluding carboxylic acids is 1. The van der Waals surface area contributed by atoms with Gasteiger partial charge in [-0.25, -0.2) is 0 Å². The summed E-state index contributed by atoms with van der Waals surface area (Å²) < 4.78 is 6.86. The Bertz CT molecular complexity index is 675. The maximum Gasteiger partial charge on any atom is 0.254 e. The van der Waals surface area contributed by atoms with E-state index in [-0.39, 0.29) is 12.0 Å². The van der Waals surface area contributed by atoms with Crippen LogP contribution in [-0.2, 0) is 0 Å². The van der Waals surface area contributed by atoms with Crippen molar-refractivity contribution in [3.8, 4) is 5.88 Å². The number of carbonyl (C=O) groups is 1. The van der Waals surface area contributed by atoms with Crippen molar-refractivity contribution in [2.75, 3.05) is 13.1 Å². The summed E-state index contributed by atoms with van der Waals surface area (Å²) in [7, 11) is 0. The Labute approximate surface area is 142 Å².